The van der Waals surface area contributed by atoms with E-state index in [1.54, 1.807) is 23.5 Å². The molecule has 0 radical (unpaired) electrons. The topological polar surface area (TPSA) is 63.6 Å². The molecule has 2 aromatic rings. The maximum absolute atomic E-state index is 12.0. The Morgan fingerprint density at radius 3 is 3.05 bits per heavy atom. The van der Waals surface area contributed by atoms with E-state index in [-0.39, 0.29) is 5.56 Å². The largest absolute Gasteiger partial charge is 0.333 e. The van der Waals surface area contributed by atoms with E-state index in [4.69, 9.17) is 0 Å². The number of fused-ring (bicyclic) bond motifs is 1. The first-order valence-corrected chi connectivity index (χ1v) is 9.26. The molecule has 3 rings (SSSR count). The van der Waals surface area contributed by atoms with Gasteiger partial charge in [0.15, 0.2) is 5.16 Å². The number of nitrogens with one attached hydrogen (secondary N) is 1. The molecule has 0 bridgehead atoms. The van der Waals surface area contributed by atoms with Crippen LogP contribution in [0.25, 0.3) is 0 Å². The van der Waals surface area contributed by atoms with Crippen molar-refractivity contribution in [3.8, 4) is 0 Å². The van der Waals surface area contributed by atoms with Crippen LogP contribution in [-0.4, -0.2) is 25.8 Å². The van der Waals surface area contributed by atoms with E-state index in [9.17, 15) is 4.79 Å². The van der Waals surface area contributed by atoms with Gasteiger partial charge in [-0.2, -0.15) is 0 Å². The van der Waals surface area contributed by atoms with Gasteiger partial charge in [0, 0.05) is 17.9 Å². The summed E-state index contributed by atoms with van der Waals surface area (Å²) >= 11 is 3.23. The monoisotopic (exact) mass is 322 g/mol. The minimum atomic E-state index is 0.0362. The van der Waals surface area contributed by atoms with E-state index >= 15 is 0 Å². The maximum Gasteiger partial charge on any atom is 0.254 e. The van der Waals surface area contributed by atoms with E-state index < -0.39 is 0 Å². The minimum Gasteiger partial charge on any atom is -0.333 e. The summed E-state index contributed by atoms with van der Waals surface area (Å²) < 4.78 is 2.14. The molecule has 7 heteroatoms. The van der Waals surface area contributed by atoms with Crippen molar-refractivity contribution in [3.05, 3.63) is 33.6 Å². The Balaban J connectivity index is 1.81. The summed E-state index contributed by atoms with van der Waals surface area (Å²) in [5, 5.41) is 1.77. The van der Waals surface area contributed by atoms with Crippen LogP contribution in [0.3, 0.4) is 0 Å². The Morgan fingerprint density at radius 2 is 2.29 bits per heavy atom. The SMILES string of the molecule is CCn1cnc(SC)c1CSc1nc2c(c(=O)[nH]1)CCC2. The summed E-state index contributed by atoms with van der Waals surface area (Å²) in [6, 6.07) is 0. The average Bonchev–Trinajstić information content (AvgIpc) is 3.10. The van der Waals surface area contributed by atoms with Gasteiger partial charge in [0.2, 0.25) is 0 Å². The Bertz CT molecular complexity index is 686. The molecule has 1 N–H and O–H groups in total. The average molecular weight is 322 g/mol. The smallest absolute Gasteiger partial charge is 0.254 e. The Labute approximate surface area is 132 Å². The number of H-pyrrole nitrogens is 1. The second-order valence-electron chi connectivity index (χ2n) is 4.93. The molecular weight excluding hydrogens is 304 g/mol. The van der Waals surface area contributed by atoms with Crippen molar-refractivity contribution in [2.24, 2.45) is 0 Å². The fourth-order valence-electron chi connectivity index (χ4n) is 2.60. The van der Waals surface area contributed by atoms with E-state index in [1.165, 1.54) is 5.69 Å². The van der Waals surface area contributed by atoms with Gasteiger partial charge in [0.25, 0.3) is 5.56 Å². The molecular formula is C14H18N4OS2. The lowest BCUT2D eigenvalue weighted by Crippen LogP contribution is -2.15. The third-order valence-electron chi connectivity index (χ3n) is 3.71. The number of aromatic nitrogens is 4. The lowest BCUT2D eigenvalue weighted by molar-refractivity contribution is 0.729. The molecule has 2 heterocycles. The molecule has 0 aliphatic heterocycles. The molecule has 0 saturated carbocycles. The zero-order chi connectivity index (χ0) is 14.8. The number of aromatic amines is 1. The van der Waals surface area contributed by atoms with E-state index in [0.717, 1.165) is 53.0 Å². The normalized spacial score (nSPS) is 13.6. The molecule has 5 nitrogen and oxygen atoms in total. The molecule has 21 heavy (non-hydrogen) atoms. The van der Waals surface area contributed by atoms with Gasteiger partial charge in [-0.05, 0) is 32.4 Å². The number of thioether (sulfide) groups is 2. The fourth-order valence-corrected chi connectivity index (χ4v) is 4.19. The Kier molecular flexibility index (Phi) is 4.40. The zero-order valence-corrected chi connectivity index (χ0v) is 13.8. The number of imidazole rings is 1. The summed E-state index contributed by atoms with van der Waals surface area (Å²) in [7, 11) is 0. The molecule has 0 amide bonds. The lowest BCUT2D eigenvalue weighted by atomic mass is 10.3. The second-order valence-corrected chi connectivity index (χ2v) is 6.68. The number of nitrogens with zero attached hydrogens (tertiary/aromatic N) is 3. The third-order valence-corrected chi connectivity index (χ3v) is 5.32. The van der Waals surface area contributed by atoms with Crippen molar-refractivity contribution in [3.63, 3.8) is 0 Å². The van der Waals surface area contributed by atoms with Crippen LogP contribution in [0.5, 0.6) is 0 Å². The lowest BCUT2D eigenvalue weighted by Gasteiger charge is -2.07. The summed E-state index contributed by atoms with van der Waals surface area (Å²) in [4.78, 5) is 23.9. The van der Waals surface area contributed by atoms with Crippen LogP contribution in [-0.2, 0) is 25.1 Å². The van der Waals surface area contributed by atoms with Gasteiger partial charge in [-0.1, -0.05) is 11.8 Å². The zero-order valence-electron chi connectivity index (χ0n) is 12.2. The summed E-state index contributed by atoms with van der Waals surface area (Å²) in [5.74, 6) is 0.770. The predicted molar refractivity (Wildman–Crippen MR) is 86.1 cm³/mol. The van der Waals surface area contributed by atoms with Crippen LogP contribution >= 0.6 is 23.5 Å². The Hall–Kier alpha value is -1.21. The van der Waals surface area contributed by atoms with Crippen LogP contribution < -0.4 is 5.56 Å². The highest BCUT2D eigenvalue weighted by Gasteiger charge is 2.18. The highest BCUT2D eigenvalue weighted by Crippen LogP contribution is 2.26. The van der Waals surface area contributed by atoms with Crippen molar-refractivity contribution in [1.82, 2.24) is 19.5 Å². The van der Waals surface area contributed by atoms with Gasteiger partial charge in [0.1, 0.15) is 5.03 Å². The standard InChI is InChI=1S/C14H18N4OS2/c1-3-18-8-15-13(20-2)11(18)7-21-14-16-10-6-4-5-9(10)12(19)17-14/h8H,3-7H2,1-2H3,(H,16,17,19). The summed E-state index contributed by atoms with van der Waals surface area (Å²) in [6.07, 6.45) is 6.74. The second kappa shape index (κ2) is 6.27. The van der Waals surface area contributed by atoms with E-state index in [1.807, 2.05) is 12.6 Å². The first kappa shape index (κ1) is 14.7. The molecule has 0 aromatic carbocycles. The van der Waals surface area contributed by atoms with Crippen molar-refractivity contribution in [2.75, 3.05) is 6.26 Å². The van der Waals surface area contributed by atoms with Crippen LogP contribution in [0.15, 0.2) is 21.3 Å². The van der Waals surface area contributed by atoms with Gasteiger partial charge >= 0.3 is 0 Å². The first-order valence-electron chi connectivity index (χ1n) is 7.05. The van der Waals surface area contributed by atoms with Crippen molar-refractivity contribution >= 4 is 23.5 Å². The number of hydrogen-bond acceptors (Lipinski definition) is 5. The predicted octanol–water partition coefficient (Wildman–Crippen LogP) is 2.49. The molecule has 1 aliphatic carbocycles. The fraction of sp³-hybridized carbons (Fsp3) is 0.500. The minimum absolute atomic E-state index is 0.0362. The van der Waals surface area contributed by atoms with Crippen LogP contribution in [0.4, 0.5) is 0 Å². The summed E-state index contributed by atoms with van der Waals surface area (Å²) in [5.41, 5.74) is 3.09. The van der Waals surface area contributed by atoms with Crippen LogP contribution in [0.2, 0.25) is 0 Å². The van der Waals surface area contributed by atoms with Crippen molar-refractivity contribution < 1.29 is 0 Å². The molecule has 0 saturated heterocycles. The molecule has 0 spiro atoms. The van der Waals surface area contributed by atoms with Gasteiger partial charge < -0.3 is 9.55 Å². The molecule has 2 aromatic heterocycles. The Morgan fingerprint density at radius 1 is 1.43 bits per heavy atom. The van der Waals surface area contributed by atoms with Crippen LogP contribution in [0.1, 0.15) is 30.3 Å². The quantitative estimate of drug-likeness (QED) is 0.677. The van der Waals surface area contributed by atoms with Crippen molar-refractivity contribution in [2.45, 2.75) is 48.7 Å². The number of rotatable bonds is 5. The molecule has 1 aliphatic rings. The highest BCUT2D eigenvalue weighted by molar-refractivity contribution is 7.99. The van der Waals surface area contributed by atoms with Crippen LogP contribution in [0, 0.1) is 0 Å². The molecule has 0 unspecified atom stereocenters. The number of hydrogen-bond donors (Lipinski definition) is 1. The van der Waals surface area contributed by atoms with Crippen molar-refractivity contribution in [1.29, 1.82) is 0 Å². The van der Waals surface area contributed by atoms with E-state index in [2.05, 4.69) is 26.4 Å². The van der Waals surface area contributed by atoms with Gasteiger partial charge in [-0.25, -0.2) is 9.97 Å². The highest BCUT2D eigenvalue weighted by atomic mass is 32.2. The maximum atomic E-state index is 12.0. The summed E-state index contributed by atoms with van der Waals surface area (Å²) in [6.45, 7) is 3.01. The molecule has 0 atom stereocenters. The molecule has 0 fully saturated rings. The van der Waals surface area contributed by atoms with Gasteiger partial charge in [0.05, 0.1) is 17.7 Å². The molecule has 112 valence electrons. The van der Waals surface area contributed by atoms with E-state index in [0.29, 0.717) is 0 Å². The number of aryl methyl sites for hydroxylation is 2. The van der Waals surface area contributed by atoms with Gasteiger partial charge in [-0.3, -0.25) is 4.79 Å². The third kappa shape index (κ3) is 2.89. The van der Waals surface area contributed by atoms with Gasteiger partial charge in [-0.15, -0.1) is 11.8 Å². The first-order chi connectivity index (χ1) is 10.2.